The minimum Gasteiger partial charge on any atom is -0.490 e. The van der Waals surface area contributed by atoms with Gasteiger partial charge in [0.15, 0.2) is 9.84 Å². The topological polar surface area (TPSA) is 102 Å². The summed E-state index contributed by atoms with van der Waals surface area (Å²) < 4.78 is 50.6. The molecule has 4 aromatic rings. The molecule has 1 unspecified atom stereocenters. The van der Waals surface area contributed by atoms with Crippen LogP contribution in [0.2, 0.25) is 0 Å². The largest absolute Gasteiger partial charge is 0.490 e. The van der Waals surface area contributed by atoms with Crippen LogP contribution in [0.5, 0.6) is 5.75 Å². The van der Waals surface area contributed by atoms with Crippen molar-refractivity contribution in [3.63, 3.8) is 0 Å². The van der Waals surface area contributed by atoms with E-state index in [0.717, 1.165) is 32.2 Å². The molecule has 0 amide bonds. The van der Waals surface area contributed by atoms with Gasteiger partial charge >= 0.3 is 0 Å². The van der Waals surface area contributed by atoms with Gasteiger partial charge in [0.2, 0.25) is 0 Å². The summed E-state index contributed by atoms with van der Waals surface area (Å²) in [5, 5.41) is 7.13. The quantitative estimate of drug-likeness (QED) is 0.150. The van der Waals surface area contributed by atoms with Crippen molar-refractivity contribution in [1.29, 1.82) is 0 Å². The normalized spacial score (nSPS) is 16.5. The van der Waals surface area contributed by atoms with Gasteiger partial charge in [-0.05, 0) is 96.0 Å². The maximum absolute atomic E-state index is 13.5. The smallest absolute Gasteiger partial charge is 0.153 e. The maximum Gasteiger partial charge on any atom is 0.153 e. The Morgan fingerprint density at radius 1 is 1.09 bits per heavy atom. The number of rotatable bonds is 13. The standard InChI is InChI=1S/C32H34BrFN4O4S/c1-22(2)43(39,40)16-14-35-13-12-32(11-4-15-42-32)24-7-9-29-27(18-24)31(37-21-36-29)38-26-8-10-30(28(33)19-26)41-20-23-5-3-6-25(34)17-23/h3-10,15,17-19,21-22,35H,11-14,16,20H2,1-2H3,(H,36,37,38). The van der Waals surface area contributed by atoms with E-state index in [1.807, 2.05) is 42.5 Å². The molecule has 226 valence electrons. The SMILES string of the molecule is CC(C)S(=O)(=O)CCNCCC1(c2ccc3ncnc(Nc4ccc(OCc5cccc(F)c5)c(Br)c4)c3c2)CC=CO1. The van der Waals surface area contributed by atoms with E-state index in [-0.39, 0.29) is 23.4 Å². The summed E-state index contributed by atoms with van der Waals surface area (Å²) in [6, 6.07) is 18.0. The molecular formula is C32H34BrFN4O4S. The Balaban J connectivity index is 1.30. The van der Waals surface area contributed by atoms with E-state index in [2.05, 4.69) is 42.6 Å². The molecule has 5 rings (SSSR count). The van der Waals surface area contributed by atoms with Gasteiger partial charge in [0.1, 0.15) is 35.9 Å². The van der Waals surface area contributed by atoms with Crippen LogP contribution in [0.25, 0.3) is 10.9 Å². The van der Waals surface area contributed by atoms with Crippen molar-refractivity contribution < 1.29 is 22.3 Å². The lowest BCUT2D eigenvalue weighted by Gasteiger charge is -2.30. The van der Waals surface area contributed by atoms with Crippen molar-refractivity contribution in [1.82, 2.24) is 15.3 Å². The number of hydrogen-bond donors (Lipinski definition) is 2. The van der Waals surface area contributed by atoms with Gasteiger partial charge in [0.05, 0.1) is 27.3 Å². The zero-order valence-corrected chi connectivity index (χ0v) is 26.4. The van der Waals surface area contributed by atoms with Crippen molar-refractivity contribution in [2.75, 3.05) is 24.2 Å². The number of halogens is 2. The number of hydrogen-bond acceptors (Lipinski definition) is 8. The second-order valence-corrected chi connectivity index (χ2v) is 14.3. The zero-order valence-electron chi connectivity index (χ0n) is 24.0. The molecule has 11 heteroatoms. The third-order valence-electron chi connectivity index (χ3n) is 7.46. The minimum atomic E-state index is -3.09. The Kier molecular flexibility index (Phi) is 9.63. The third-order valence-corrected chi connectivity index (χ3v) is 10.3. The molecule has 1 aliphatic rings. The average molecular weight is 670 g/mol. The minimum absolute atomic E-state index is 0.106. The predicted molar refractivity (Wildman–Crippen MR) is 171 cm³/mol. The van der Waals surface area contributed by atoms with Crippen LogP contribution in [0, 0.1) is 5.82 Å². The fraction of sp³-hybridized carbons (Fsp3) is 0.312. The first kappa shape index (κ1) is 30.9. The summed E-state index contributed by atoms with van der Waals surface area (Å²) in [5.74, 6) is 1.08. The van der Waals surface area contributed by atoms with Crippen molar-refractivity contribution in [2.24, 2.45) is 0 Å². The Morgan fingerprint density at radius 3 is 2.70 bits per heavy atom. The predicted octanol–water partition coefficient (Wildman–Crippen LogP) is 6.79. The molecule has 43 heavy (non-hydrogen) atoms. The first-order valence-corrected chi connectivity index (χ1v) is 16.6. The molecule has 1 atom stereocenters. The van der Waals surface area contributed by atoms with Crippen LogP contribution >= 0.6 is 15.9 Å². The number of nitrogens with zero attached hydrogens (tertiary/aromatic N) is 2. The second-order valence-electron chi connectivity index (χ2n) is 10.7. The van der Waals surface area contributed by atoms with Gasteiger partial charge in [-0.3, -0.25) is 0 Å². The fourth-order valence-corrected chi connectivity index (χ4v) is 6.27. The van der Waals surface area contributed by atoms with Crippen LogP contribution in [-0.2, 0) is 26.8 Å². The van der Waals surface area contributed by atoms with E-state index >= 15 is 0 Å². The molecule has 1 aromatic heterocycles. The molecule has 3 aromatic carbocycles. The van der Waals surface area contributed by atoms with Crippen molar-refractivity contribution in [3.05, 3.63) is 101 Å². The molecule has 2 N–H and O–H groups in total. The number of sulfone groups is 1. The van der Waals surface area contributed by atoms with Gasteiger partial charge in [-0.25, -0.2) is 22.8 Å². The Morgan fingerprint density at radius 2 is 1.95 bits per heavy atom. The van der Waals surface area contributed by atoms with Crippen molar-refractivity contribution >= 4 is 48.2 Å². The molecule has 0 bridgehead atoms. The monoisotopic (exact) mass is 668 g/mol. The van der Waals surface area contributed by atoms with Crippen LogP contribution in [0.1, 0.15) is 37.8 Å². The Hall–Kier alpha value is -3.54. The molecule has 0 fully saturated rings. The first-order chi connectivity index (χ1) is 20.6. The van der Waals surface area contributed by atoms with Crippen molar-refractivity contribution in [3.8, 4) is 5.75 Å². The van der Waals surface area contributed by atoms with E-state index < -0.39 is 15.4 Å². The summed E-state index contributed by atoms with van der Waals surface area (Å²) in [5.41, 5.74) is 2.74. The summed E-state index contributed by atoms with van der Waals surface area (Å²) in [6.07, 6.45) is 6.61. The highest BCUT2D eigenvalue weighted by molar-refractivity contribution is 9.10. The van der Waals surface area contributed by atoms with Crippen LogP contribution in [0.3, 0.4) is 0 Å². The van der Waals surface area contributed by atoms with Crippen LogP contribution in [0.15, 0.2) is 83.8 Å². The second kappa shape index (κ2) is 13.4. The summed E-state index contributed by atoms with van der Waals surface area (Å²) >= 11 is 3.58. The molecule has 0 radical (unpaired) electrons. The van der Waals surface area contributed by atoms with Gasteiger partial charge < -0.3 is 20.1 Å². The first-order valence-electron chi connectivity index (χ1n) is 14.1. The maximum atomic E-state index is 13.5. The van der Waals surface area contributed by atoms with Gasteiger partial charge in [-0.2, -0.15) is 0 Å². The van der Waals surface area contributed by atoms with E-state index in [1.165, 1.54) is 18.5 Å². The lowest BCUT2D eigenvalue weighted by molar-refractivity contribution is 0.0329. The number of nitrogens with one attached hydrogen (secondary N) is 2. The van der Waals surface area contributed by atoms with E-state index in [9.17, 15) is 12.8 Å². The molecule has 0 aliphatic carbocycles. The van der Waals surface area contributed by atoms with E-state index in [4.69, 9.17) is 9.47 Å². The van der Waals surface area contributed by atoms with Crippen LogP contribution in [0.4, 0.5) is 15.9 Å². The highest BCUT2D eigenvalue weighted by atomic mass is 79.9. The molecule has 1 aliphatic heterocycles. The number of anilines is 2. The molecule has 2 heterocycles. The molecular weight excluding hydrogens is 635 g/mol. The Bertz CT molecular complexity index is 1720. The lowest BCUT2D eigenvalue weighted by atomic mass is 9.87. The Labute approximate surface area is 259 Å². The highest BCUT2D eigenvalue weighted by Gasteiger charge is 2.35. The summed E-state index contributed by atoms with van der Waals surface area (Å²) in [7, 11) is -3.09. The third kappa shape index (κ3) is 7.52. The summed E-state index contributed by atoms with van der Waals surface area (Å²) in [4.78, 5) is 8.98. The van der Waals surface area contributed by atoms with Crippen molar-refractivity contribution in [2.45, 2.75) is 44.1 Å². The summed E-state index contributed by atoms with van der Waals surface area (Å²) in [6.45, 7) is 4.65. The van der Waals surface area contributed by atoms with Gasteiger partial charge in [0.25, 0.3) is 0 Å². The van der Waals surface area contributed by atoms with E-state index in [1.54, 1.807) is 26.2 Å². The van der Waals surface area contributed by atoms with Gasteiger partial charge in [-0.15, -0.1) is 0 Å². The number of ether oxygens (including phenoxy) is 2. The zero-order chi connectivity index (χ0) is 30.5. The number of fused-ring (bicyclic) bond motifs is 1. The van der Waals surface area contributed by atoms with E-state index in [0.29, 0.717) is 37.5 Å². The van der Waals surface area contributed by atoms with Crippen LogP contribution in [-0.4, -0.2) is 42.5 Å². The average Bonchev–Trinajstić information content (AvgIpc) is 3.46. The fourth-order valence-electron chi connectivity index (χ4n) is 4.88. The lowest BCUT2D eigenvalue weighted by Crippen LogP contribution is -2.33. The highest BCUT2D eigenvalue weighted by Crippen LogP contribution is 2.40. The number of aromatic nitrogens is 2. The van der Waals surface area contributed by atoms with Gasteiger partial charge in [0, 0.05) is 30.5 Å². The number of benzene rings is 3. The molecule has 0 spiro atoms. The molecule has 0 saturated heterocycles. The van der Waals surface area contributed by atoms with Crippen LogP contribution < -0.4 is 15.4 Å². The molecule has 8 nitrogen and oxygen atoms in total. The molecule has 0 saturated carbocycles. The van der Waals surface area contributed by atoms with Gasteiger partial charge in [-0.1, -0.05) is 18.2 Å².